The lowest BCUT2D eigenvalue weighted by molar-refractivity contribution is 0.476. The van der Waals surface area contributed by atoms with Crippen molar-refractivity contribution in [2.24, 2.45) is 0 Å². The third-order valence-corrected chi connectivity index (χ3v) is 3.97. The lowest BCUT2D eigenvalue weighted by Crippen LogP contribution is -2.21. The quantitative estimate of drug-likeness (QED) is 0.736. The highest BCUT2D eigenvalue weighted by molar-refractivity contribution is 9.10. The molecule has 0 saturated carbocycles. The van der Waals surface area contributed by atoms with Gasteiger partial charge in [-0.1, -0.05) is 49.4 Å². The highest BCUT2D eigenvalue weighted by atomic mass is 79.9. The average Bonchev–Trinajstić information content (AvgIpc) is 2.91. The van der Waals surface area contributed by atoms with Gasteiger partial charge >= 0.3 is 0 Å². The Morgan fingerprint density at radius 3 is 2.60 bits per heavy atom. The van der Waals surface area contributed by atoms with Crippen LogP contribution >= 0.6 is 15.9 Å². The van der Waals surface area contributed by atoms with Crippen LogP contribution in [0.2, 0.25) is 0 Å². The molecule has 1 unspecified atom stereocenters. The Bertz CT molecular complexity index is 705. The zero-order valence-corrected chi connectivity index (χ0v) is 12.9. The topological polar surface area (TPSA) is 25.2 Å². The van der Waals surface area contributed by atoms with Gasteiger partial charge in [0.1, 0.15) is 11.3 Å². The van der Waals surface area contributed by atoms with Gasteiger partial charge in [-0.05, 0) is 40.2 Å². The number of furan rings is 1. The van der Waals surface area contributed by atoms with Crippen molar-refractivity contribution >= 4 is 26.9 Å². The molecule has 2 aromatic carbocycles. The molecular weight excluding hydrogens is 314 g/mol. The van der Waals surface area contributed by atoms with Crippen LogP contribution in [0.25, 0.3) is 11.0 Å². The molecule has 0 saturated heterocycles. The summed E-state index contributed by atoms with van der Waals surface area (Å²) in [6, 6.07) is 18.7. The van der Waals surface area contributed by atoms with E-state index in [1.54, 1.807) is 0 Å². The first-order valence-electron chi connectivity index (χ1n) is 6.76. The van der Waals surface area contributed by atoms with Crippen molar-refractivity contribution in [1.29, 1.82) is 0 Å². The molecule has 0 aliphatic rings. The molecule has 1 aromatic heterocycles. The van der Waals surface area contributed by atoms with Crippen LogP contribution in [-0.4, -0.2) is 6.54 Å². The molecule has 1 atom stereocenters. The fourth-order valence-corrected chi connectivity index (χ4v) is 2.88. The normalized spacial score (nSPS) is 12.7. The first-order chi connectivity index (χ1) is 9.79. The minimum atomic E-state index is 0.0838. The molecule has 1 N–H and O–H groups in total. The van der Waals surface area contributed by atoms with E-state index in [1.807, 2.05) is 18.2 Å². The van der Waals surface area contributed by atoms with E-state index in [2.05, 4.69) is 64.6 Å². The molecule has 0 aliphatic carbocycles. The highest BCUT2D eigenvalue weighted by Gasteiger charge is 2.18. The standard InChI is InChI=1S/C17H16BrNO/c1-2-19-16(12-7-4-3-5-8-12)15-11-13-9-6-10-14(18)17(13)20-15/h3-11,16,19H,2H2,1H3. The Morgan fingerprint density at radius 2 is 1.90 bits per heavy atom. The average molecular weight is 330 g/mol. The van der Waals surface area contributed by atoms with Crippen molar-refractivity contribution < 1.29 is 4.42 Å². The fraction of sp³-hybridized carbons (Fsp3) is 0.176. The van der Waals surface area contributed by atoms with Crippen LogP contribution in [0, 0.1) is 0 Å². The molecule has 0 bridgehead atoms. The summed E-state index contributed by atoms with van der Waals surface area (Å²) in [4.78, 5) is 0. The van der Waals surface area contributed by atoms with Gasteiger partial charge in [0.2, 0.25) is 0 Å². The second kappa shape index (κ2) is 5.81. The Balaban J connectivity index is 2.08. The highest BCUT2D eigenvalue weighted by Crippen LogP contribution is 2.32. The minimum Gasteiger partial charge on any atom is -0.458 e. The molecule has 0 aliphatic heterocycles. The largest absolute Gasteiger partial charge is 0.458 e. The zero-order chi connectivity index (χ0) is 13.9. The summed E-state index contributed by atoms with van der Waals surface area (Å²) in [6.07, 6.45) is 0. The van der Waals surface area contributed by atoms with Crippen LogP contribution in [0.4, 0.5) is 0 Å². The SMILES string of the molecule is CCNC(c1ccccc1)c1cc2cccc(Br)c2o1. The number of rotatable bonds is 4. The third-order valence-electron chi connectivity index (χ3n) is 3.34. The van der Waals surface area contributed by atoms with Crippen LogP contribution in [0.15, 0.2) is 63.5 Å². The smallest absolute Gasteiger partial charge is 0.148 e. The molecule has 0 radical (unpaired) electrons. The molecule has 20 heavy (non-hydrogen) atoms. The summed E-state index contributed by atoms with van der Waals surface area (Å²) < 4.78 is 7.05. The van der Waals surface area contributed by atoms with Crippen molar-refractivity contribution in [3.63, 3.8) is 0 Å². The first kappa shape index (κ1) is 13.4. The number of hydrogen-bond acceptors (Lipinski definition) is 2. The van der Waals surface area contributed by atoms with E-state index in [-0.39, 0.29) is 6.04 Å². The van der Waals surface area contributed by atoms with Crippen LogP contribution < -0.4 is 5.32 Å². The van der Waals surface area contributed by atoms with Crippen molar-refractivity contribution in [1.82, 2.24) is 5.32 Å². The third kappa shape index (κ3) is 2.51. The maximum atomic E-state index is 6.06. The van der Waals surface area contributed by atoms with Crippen molar-refractivity contribution in [2.75, 3.05) is 6.54 Å². The van der Waals surface area contributed by atoms with E-state index in [4.69, 9.17) is 4.42 Å². The molecule has 3 rings (SSSR count). The van der Waals surface area contributed by atoms with E-state index >= 15 is 0 Å². The fourth-order valence-electron chi connectivity index (χ4n) is 2.42. The number of fused-ring (bicyclic) bond motifs is 1. The Kier molecular flexibility index (Phi) is 3.90. The van der Waals surface area contributed by atoms with Gasteiger partial charge in [0.25, 0.3) is 0 Å². The summed E-state index contributed by atoms with van der Waals surface area (Å²) >= 11 is 3.54. The van der Waals surface area contributed by atoms with E-state index in [9.17, 15) is 0 Å². The second-order valence-electron chi connectivity index (χ2n) is 4.71. The Hall–Kier alpha value is -1.58. The van der Waals surface area contributed by atoms with E-state index < -0.39 is 0 Å². The van der Waals surface area contributed by atoms with Gasteiger partial charge in [-0.25, -0.2) is 0 Å². The zero-order valence-electron chi connectivity index (χ0n) is 11.3. The number of benzene rings is 2. The molecule has 2 nitrogen and oxygen atoms in total. The summed E-state index contributed by atoms with van der Waals surface area (Å²) in [6.45, 7) is 2.99. The Morgan fingerprint density at radius 1 is 1.10 bits per heavy atom. The van der Waals surface area contributed by atoms with Gasteiger partial charge < -0.3 is 9.73 Å². The lowest BCUT2D eigenvalue weighted by atomic mass is 10.0. The van der Waals surface area contributed by atoms with Gasteiger partial charge in [0.15, 0.2) is 0 Å². The van der Waals surface area contributed by atoms with E-state index in [0.717, 1.165) is 27.7 Å². The molecule has 102 valence electrons. The van der Waals surface area contributed by atoms with Gasteiger partial charge in [0, 0.05) is 5.39 Å². The van der Waals surface area contributed by atoms with Gasteiger partial charge in [0.05, 0.1) is 10.5 Å². The molecule has 0 amide bonds. The molecule has 3 heteroatoms. The van der Waals surface area contributed by atoms with Crippen LogP contribution in [0.5, 0.6) is 0 Å². The maximum Gasteiger partial charge on any atom is 0.148 e. The summed E-state index contributed by atoms with van der Waals surface area (Å²) in [5, 5.41) is 4.61. The van der Waals surface area contributed by atoms with Crippen molar-refractivity contribution in [3.8, 4) is 0 Å². The first-order valence-corrected chi connectivity index (χ1v) is 7.55. The molecule has 3 aromatic rings. The van der Waals surface area contributed by atoms with Gasteiger partial charge in [-0.15, -0.1) is 0 Å². The van der Waals surface area contributed by atoms with Gasteiger partial charge in [-0.3, -0.25) is 0 Å². The van der Waals surface area contributed by atoms with Crippen LogP contribution in [-0.2, 0) is 0 Å². The minimum absolute atomic E-state index is 0.0838. The Labute approximate surface area is 126 Å². The van der Waals surface area contributed by atoms with Gasteiger partial charge in [-0.2, -0.15) is 0 Å². The molecule has 0 spiro atoms. The summed E-state index contributed by atoms with van der Waals surface area (Å²) in [5.41, 5.74) is 2.12. The lowest BCUT2D eigenvalue weighted by Gasteiger charge is -2.15. The predicted octanol–water partition coefficient (Wildman–Crippen LogP) is 4.89. The monoisotopic (exact) mass is 329 g/mol. The van der Waals surface area contributed by atoms with E-state index in [1.165, 1.54) is 5.56 Å². The number of nitrogens with one attached hydrogen (secondary N) is 1. The maximum absolute atomic E-state index is 6.06. The van der Waals surface area contributed by atoms with E-state index in [0.29, 0.717) is 0 Å². The van der Waals surface area contributed by atoms with Crippen molar-refractivity contribution in [2.45, 2.75) is 13.0 Å². The summed E-state index contributed by atoms with van der Waals surface area (Å²) in [5.74, 6) is 0.944. The molecular formula is C17H16BrNO. The molecule has 0 fully saturated rings. The second-order valence-corrected chi connectivity index (χ2v) is 5.56. The number of hydrogen-bond donors (Lipinski definition) is 1. The van der Waals surface area contributed by atoms with Crippen LogP contribution in [0.1, 0.15) is 24.3 Å². The molecule has 1 heterocycles. The van der Waals surface area contributed by atoms with Crippen LogP contribution in [0.3, 0.4) is 0 Å². The number of para-hydroxylation sites is 1. The van der Waals surface area contributed by atoms with Crippen molar-refractivity contribution in [3.05, 3.63) is 70.4 Å². The summed E-state index contributed by atoms with van der Waals surface area (Å²) in [7, 11) is 0. The predicted molar refractivity (Wildman–Crippen MR) is 85.9 cm³/mol. The number of halogens is 1.